The van der Waals surface area contributed by atoms with Gasteiger partial charge >= 0.3 is 12.0 Å². The molecule has 7 nitrogen and oxygen atoms in total. The molecule has 0 bridgehead atoms. The Morgan fingerprint density at radius 1 is 1.33 bits per heavy atom. The molecular formula is C14H24N4O3. The highest BCUT2D eigenvalue weighted by atomic mass is 16.4. The molecule has 0 aliphatic rings. The quantitative estimate of drug-likeness (QED) is 0.685. The lowest BCUT2D eigenvalue weighted by molar-refractivity contribution is -0.137. The van der Waals surface area contributed by atoms with Crippen molar-refractivity contribution < 1.29 is 14.7 Å². The first-order valence-corrected chi connectivity index (χ1v) is 7.18. The highest BCUT2D eigenvalue weighted by molar-refractivity contribution is 5.89. The first-order valence-electron chi connectivity index (χ1n) is 7.18. The summed E-state index contributed by atoms with van der Waals surface area (Å²) in [6.45, 7) is 6.10. The van der Waals surface area contributed by atoms with Gasteiger partial charge in [-0.15, -0.1) is 0 Å². The van der Waals surface area contributed by atoms with Crippen molar-refractivity contribution in [1.29, 1.82) is 0 Å². The molecule has 21 heavy (non-hydrogen) atoms. The number of aromatic nitrogens is 2. The van der Waals surface area contributed by atoms with E-state index >= 15 is 0 Å². The lowest BCUT2D eigenvalue weighted by Gasteiger charge is -2.14. The Morgan fingerprint density at radius 2 is 2.05 bits per heavy atom. The SMILES string of the molecule is CC(C)CCCC(C)NC(=O)Nc1cnn(CC(=O)O)c1. The molecule has 0 aliphatic carbocycles. The van der Waals surface area contributed by atoms with Crippen molar-refractivity contribution in [2.75, 3.05) is 5.32 Å². The lowest BCUT2D eigenvalue weighted by Crippen LogP contribution is -2.36. The maximum Gasteiger partial charge on any atom is 0.325 e. The molecule has 0 aromatic carbocycles. The average molecular weight is 296 g/mol. The van der Waals surface area contributed by atoms with Crippen molar-refractivity contribution in [3.63, 3.8) is 0 Å². The van der Waals surface area contributed by atoms with Crippen LogP contribution in [0.1, 0.15) is 40.0 Å². The van der Waals surface area contributed by atoms with Gasteiger partial charge in [0.2, 0.25) is 0 Å². The number of anilines is 1. The summed E-state index contributed by atoms with van der Waals surface area (Å²) in [4.78, 5) is 22.3. The second-order valence-corrected chi connectivity index (χ2v) is 5.64. The van der Waals surface area contributed by atoms with Gasteiger partial charge in [-0.1, -0.05) is 26.7 Å². The predicted octanol–water partition coefficient (Wildman–Crippen LogP) is 2.30. The molecule has 0 spiro atoms. The Labute approximate surface area is 124 Å². The summed E-state index contributed by atoms with van der Waals surface area (Å²) in [6, 6.07) is -0.209. The van der Waals surface area contributed by atoms with E-state index in [1.165, 1.54) is 17.1 Å². The van der Waals surface area contributed by atoms with Crippen LogP contribution in [0.5, 0.6) is 0 Å². The Bertz CT molecular complexity index is 471. The standard InChI is InChI=1S/C14H24N4O3/c1-10(2)5-4-6-11(3)16-14(21)17-12-7-15-18(8-12)9-13(19)20/h7-8,10-11H,4-6,9H2,1-3H3,(H,19,20)(H2,16,17,21). The number of aliphatic carboxylic acids is 1. The van der Waals surface area contributed by atoms with Gasteiger partial charge < -0.3 is 15.7 Å². The van der Waals surface area contributed by atoms with Gasteiger partial charge in [0.25, 0.3) is 0 Å². The highest BCUT2D eigenvalue weighted by Gasteiger charge is 2.09. The number of hydrogen-bond acceptors (Lipinski definition) is 3. The van der Waals surface area contributed by atoms with Crippen LogP contribution in [0.25, 0.3) is 0 Å². The second kappa shape index (κ2) is 8.28. The van der Waals surface area contributed by atoms with E-state index in [0.29, 0.717) is 11.6 Å². The minimum Gasteiger partial charge on any atom is -0.480 e. The number of amides is 2. The van der Waals surface area contributed by atoms with Crippen LogP contribution in [0.4, 0.5) is 10.5 Å². The summed E-state index contributed by atoms with van der Waals surface area (Å²) in [6.07, 6.45) is 6.07. The number of rotatable bonds is 8. The fraction of sp³-hybridized carbons (Fsp3) is 0.643. The third kappa shape index (κ3) is 7.34. The fourth-order valence-corrected chi connectivity index (χ4v) is 1.95. The topological polar surface area (TPSA) is 96.3 Å². The van der Waals surface area contributed by atoms with Crippen molar-refractivity contribution >= 4 is 17.7 Å². The van der Waals surface area contributed by atoms with Crippen molar-refractivity contribution in [2.45, 2.75) is 52.6 Å². The van der Waals surface area contributed by atoms with Crippen molar-refractivity contribution in [3.05, 3.63) is 12.4 Å². The van der Waals surface area contributed by atoms with Crippen LogP contribution in [0.2, 0.25) is 0 Å². The molecule has 0 saturated carbocycles. The average Bonchev–Trinajstić information content (AvgIpc) is 2.74. The summed E-state index contributed by atoms with van der Waals surface area (Å²) < 4.78 is 1.25. The van der Waals surface area contributed by atoms with E-state index in [-0.39, 0.29) is 18.6 Å². The maximum atomic E-state index is 11.8. The molecule has 3 N–H and O–H groups in total. The molecule has 118 valence electrons. The van der Waals surface area contributed by atoms with Crippen LogP contribution < -0.4 is 10.6 Å². The van der Waals surface area contributed by atoms with E-state index in [9.17, 15) is 9.59 Å². The molecule has 0 radical (unpaired) electrons. The fourth-order valence-electron chi connectivity index (χ4n) is 1.95. The van der Waals surface area contributed by atoms with Crippen molar-refractivity contribution in [2.24, 2.45) is 5.92 Å². The number of carbonyl (C=O) groups excluding carboxylic acids is 1. The zero-order valence-corrected chi connectivity index (χ0v) is 12.8. The third-order valence-electron chi connectivity index (χ3n) is 2.98. The maximum absolute atomic E-state index is 11.8. The Kier molecular flexibility index (Phi) is 6.71. The van der Waals surface area contributed by atoms with E-state index in [0.717, 1.165) is 19.3 Å². The van der Waals surface area contributed by atoms with Gasteiger partial charge in [0.05, 0.1) is 11.9 Å². The van der Waals surface area contributed by atoms with Gasteiger partial charge in [0.15, 0.2) is 0 Å². The minimum atomic E-state index is -0.979. The number of carboxylic acid groups (broad SMARTS) is 1. The van der Waals surface area contributed by atoms with E-state index in [1.54, 1.807) is 0 Å². The molecule has 0 saturated heterocycles. The summed E-state index contributed by atoms with van der Waals surface area (Å²) in [5.41, 5.74) is 0.475. The van der Waals surface area contributed by atoms with E-state index < -0.39 is 5.97 Å². The van der Waals surface area contributed by atoms with Gasteiger partial charge in [-0.3, -0.25) is 9.48 Å². The van der Waals surface area contributed by atoms with E-state index in [2.05, 4.69) is 29.6 Å². The van der Waals surface area contributed by atoms with E-state index in [1.807, 2.05) is 6.92 Å². The first kappa shape index (κ1) is 17.0. The molecule has 0 aliphatic heterocycles. The van der Waals surface area contributed by atoms with E-state index in [4.69, 9.17) is 5.11 Å². The molecular weight excluding hydrogens is 272 g/mol. The van der Waals surface area contributed by atoms with Crippen molar-refractivity contribution in [1.82, 2.24) is 15.1 Å². The predicted molar refractivity (Wildman–Crippen MR) is 80.2 cm³/mol. The largest absolute Gasteiger partial charge is 0.480 e. The zero-order valence-electron chi connectivity index (χ0n) is 12.8. The number of hydrogen-bond donors (Lipinski definition) is 3. The van der Waals surface area contributed by atoms with Crippen LogP contribution in [0.3, 0.4) is 0 Å². The summed E-state index contributed by atoms with van der Waals surface area (Å²) >= 11 is 0. The third-order valence-corrected chi connectivity index (χ3v) is 2.98. The minimum absolute atomic E-state index is 0.0952. The second-order valence-electron chi connectivity index (χ2n) is 5.64. The van der Waals surface area contributed by atoms with Gasteiger partial charge in [-0.25, -0.2) is 4.79 Å². The number of nitrogens with zero attached hydrogens (tertiary/aromatic N) is 2. The Hall–Kier alpha value is -2.05. The van der Waals surface area contributed by atoms with Gasteiger partial charge in [-0.05, 0) is 19.3 Å². The normalized spacial score (nSPS) is 12.2. The number of nitrogens with one attached hydrogen (secondary N) is 2. The first-order chi connectivity index (χ1) is 9.86. The molecule has 7 heteroatoms. The Balaban J connectivity index is 2.32. The van der Waals surface area contributed by atoms with Gasteiger partial charge in [0, 0.05) is 12.2 Å². The molecule has 1 heterocycles. The Morgan fingerprint density at radius 3 is 2.67 bits per heavy atom. The number of urea groups is 1. The van der Waals surface area contributed by atoms with Gasteiger partial charge in [0.1, 0.15) is 6.54 Å². The zero-order chi connectivity index (χ0) is 15.8. The lowest BCUT2D eigenvalue weighted by atomic mass is 10.0. The summed E-state index contributed by atoms with van der Waals surface area (Å²) in [5, 5.41) is 18.0. The number of carboxylic acids is 1. The van der Waals surface area contributed by atoms with Crippen molar-refractivity contribution in [3.8, 4) is 0 Å². The molecule has 0 fully saturated rings. The highest BCUT2D eigenvalue weighted by Crippen LogP contribution is 2.09. The molecule has 1 aromatic rings. The van der Waals surface area contributed by atoms with Crippen LogP contribution in [-0.2, 0) is 11.3 Å². The molecule has 1 aromatic heterocycles. The molecule has 1 unspecified atom stereocenters. The monoisotopic (exact) mass is 296 g/mol. The van der Waals surface area contributed by atoms with Crippen LogP contribution in [0, 0.1) is 5.92 Å². The molecule has 1 atom stereocenters. The summed E-state index contributed by atoms with van der Waals surface area (Å²) in [5.74, 6) is -0.307. The van der Waals surface area contributed by atoms with Gasteiger partial charge in [-0.2, -0.15) is 5.10 Å². The molecule has 2 amide bonds. The van der Waals surface area contributed by atoms with Crippen LogP contribution in [0.15, 0.2) is 12.4 Å². The smallest absolute Gasteiger partial charge is 0.325 e. The summed E-state index contributed by atoms with van der Waals surface area (Å²) in [7, 11) is 0. The van der Waals surface area contributed by atoms with Crippen LogP contribution in [-0.4, -0.2) is 32.9 Å². The molecule has 1 rings (SSSR count). The van der Waals surface area contributed by atoms with Crippen LogP contribution >= 0.6 is 0 Å². The number of carbonyl (C=O) groups is 2.